The Hall–Kier alpha value is -3.43. The molecule has 6 heteroatoms. The number of esters is 1. The highest BCUT2D eigenvalue weighted by Crippen LogP contribution is 2.43. The number of rotatable bonds is 9. The summed E-state index contributed by atoms with van der Waals surface area (Å²) < 4.78 is 12.1. The third kappa shape index (κ3) is 6.78. The van der Waals surface area contributed by atoms with E-state index in [0.717, 1.165) is 56.2 Å². The molecule has 0 saturated heterocycles. The van der Waals surface area contributed by atoms with Crippen LogP contribution in [0.4, 0.5) is 0 Å². The van der Waals surface area contributed by atoms with Crippen molar-refractivity contribution >= 4 is 5.97 Å². The molecule has 39 heavy (non-hydrogen) atoms. The minimum Gasteiger partial charge on any atom is -0.461 e. The third-order valence-corrected chi connectivity index (χ3v) is 8.14. The SMILES string of the molecule is C#CC1CC(OC(=O)C2(c3ccccc3)CCCCCC2)C1CC[NH2+]Cc1nnc(-c2ccccc2)o1.CC. The summed E-state index contributed by atoms with van der Waals surface area (Å²) in [6, 6.07) is 20.0. The van der Waals surface area contributed by atoms with E-state index in [1.165, 1.54) is 12.8 Å². The lowest BCUT2D eigenvalue weighted by Crippen LogP contribution is -2.83. The number of hydrogen-bond acceptors (Lipinski definition) is 5. The molecule has 5 rings (SSSR count). The van der Waals surface area contributed by atoms with E-state index < -0.39 is 5.41 Å². The lowest BCUT2D eigenvalue weighted by Gasteiger charge is -2.43. The number of nitrogens with zero attached hydrogens (tertiary/aromatic N) is 2. The van der Waals surface area contributed by atoms with Gasteiger partial charge in [0.15, 0.2) is 6.54 Å². The van der Waals surface area contributed by atoms with Crippen LogP contribution in [0.3, 0.4) is 0 Å². The van der Waals surface area contributed by atoms with Crippen LogP contribution in [0.15, 0.2) is 65.1 Å². The summed E-state index contributed by atoms with van der Waals surface area (Å²) in [4.78, 5) is 13.7. The van der Waals surface area contributed by atoms with Gasteiger partial charge in [0.2, 0.25) is 5.89 Å². The van der Waals surface area contributed by atoms with Crippen LogP contribution in [-0.2, 0) is 21.5 Å². The van der Waals surface area contributed by atoms with Crippen molar-refractivity contribution in [1.29, 1.82) is 0 Å². The Morgan fingerprint density at radius 1 is 1.03 bits per heavy atom. The molecular weight excluding hydrogens is 486 g/mol. The van der Waals surface area contributed by atoms with Gasteiger partial charge < -0.3 is 14.5 Å². The zero-order valence-electron chi connectivity index (χ0n) is 23.4. The number of carbonyl (C=O) groups is 1. The Morgan fingerprint density at radius 2 is 1.69 bits per heavy atom. The molecule has 3 atom stereocenters. The molecule has 1 aromatic heterocycles. The van der Waals surface area contributed by atoms with Gasteiger partial charge in [-0.3, -0.25) is 4.79 Å². The number of aromatic nitrogens is 2. The van der Waals surface area contributed by atoms with Gasteiger partial charge in [0.05, 0.1) is 12.0 Å². The minimum absolute atomic E-state index is 0.0608. The molecule has 0 bridgehead atoms. The highest BCUT2D eigenvalue weighted by atomic mass is 16.5. The fraction of sp³-hybridized carbons (Fsp3) is 0.485. The third-order valence-electron chi connectivity index (χ3n) is 8.14. The van der Waals surface area contributed by atoms with Crippen molar-refractivity contribution in [3.8, 4) is 23.8 Å². The molecule has 206 valence electrons. The van der Waals surface area contributed by atoms with Gasteiger partial charge in [-0.1, -0.05) is 88.1 Å². The van der Waals surface area contributed by atoms with Crippen LogP contribution < -0.4 is 5.32 Å². The van der Waals surface area contributed by atoms with Crippen molar-refractivity contribution in [3.05, 3.63) is 72.1 Å². The molecule has 2 aliphatic carbocycles. The monoisotopic (exact) mass is 528 g/mol. The average molecular weight is 529 g/mol. The maximum absolute atomic E-state index is 13.7. The van der Waals surface area contributed by atoms with E-state index in [1.807, 2.05) is 62.4 Å². The average Bonchev–Trinajstić information content (AvgIpc) is 3.32. The molecule has 2 fully saturated rings. The van der Waals surface area contributed by atoms with Gasteiger partial charge in [-0.25, -0.2) is 0 Å². The van der Waals surface area contributed by atoms with Gasteiger partial charge in [-0.2, -0.15) is 0 Å². The van der Waals surface area contributed by atoms with Gasteiger partial charge >= 0.3 is 5.97 Å². The Morgan fingerprint density at radius 3 is 2.36 bits per heavy atom. The van der Waals surface area contributed by atoms with Gasteiger partial charge in [0, 0.05) is 23.8 Å². The normalized spacial score (nSPS) is 21.8. The first-order valence-corrected chi connectivity index (χ1v) is 14.6. The van der Waals surface area contributed by atoms with E-state index in [1.54, 1.807) is 0 Å². The zero-order chi connectivity index (χ0) is 27.5. The van der Waals surface area contributed by atoms with E-state index >= 15 is 0 Å². The van der Waals surface area contributed by atoms with E-state index in [0.29, 0.717) is 18.3 Å². The van der Waals surface area contributed by atoms with Crippen molar-refractivity contribution in [1.82, 2.24) is 10.2 Å². The van der Waals surface area contributed by atoms with Crippen LogP contribution in [-0.4, -0.2) is 28.8 Å². The second kappa shape index (κ2) is 14.1. The van der Waals surface area contributed by atoms with Gasteiger partial charge in [0.1, 0.15) is 6.10 Å². The number of quaternary nitrogens is 1. The van der Waals surface area contributed by atoms with Crippen LogP contribution in [0.25, 0.3) is 11.5 Å². The maximum atomic E-state index is 13.7. The summed E-state index contributed by atoms with van der Waals surface area (Å²) >= 11 is 0. The molecule has 2 saturated carbocycles. The summed E-state index contributed by atoms with van der Waals surface area (Å²) in [6.45, 7) is 5.46. The molecule has 2 aromatic carbocycles. The Balaban J connectivity index is 0.00000172. The van der Waals surface area contributed by atoms with E-state index in [-0.39, 0.29) is 23.9 Å². The van der Waals surface area contributed by atoms with Crippen molar-refractivity contribution in [2.45, 2.75) is 83.3 Å². The van der Waals surface area contributed by atoms with Crippen molar-refractivity contribution < 1.29 is 19.3 Å². The molecule has 2 N–H and O–H groups in total. The predicted molar refractivity (Wildman–Crippen MR) is 152 cm³/mol. The predicted octanol–water partition coefficient (Wildman–Crippen LogP) is 5.69. The number of hydrogen-bond donors (Lipinski definition) is 1. The summed E-state index contributed by atoms with van der Waals surface area (Å²) in [5.74, 6) is 4.33. The summed E-state index contributed by atoms with van der Waals surface area (Å²) in [5, 5.41) is 10.5. The standard InChI is InChI=1S/C31H35N3O3.C2H6/c1-2-23-21-27(36-30(35)31(18-11-3-4-12-19-31)25-15-9-6-10-16-25)26(23)17-20-32-22-28-33-34-29(37-28)24-13-7-5-8-14-24;1-2/h1,5-10,13-16,23,26-27,32H,3-4,11-12,17-22H2;1-2H3/p+1. The molecule has 0 aliphatic heterocycles. The van der Waals surface area contributed by atoms with E-state index in [2.05, 4.69) is 33.6 Å². The molecule has 3 unspecified atom stereocenters. The highest BCUT2D eigenvalue weighted by molar-refractivity contribution is 5.83. The molecule has 1 heterocycles. The Labute approximate surface area is 232 Å². The molecule has 3 aromatic rings. The van der Waals surface area contributed by atoms with Gasteiger partial charge in [0.25, 0.3) is 5.89 Å². The Kier molecular flexibility index (Phi) is 10.3. The van der Waals surface area contributed by atoms with Crippen LogP contribution in [0.2, 0.25) is 0 Å². The van der Waals surface area contributed by atoms with Crippen LogP contribution in [0, 0.1) is 24.2 Å². The fourth-order valence-electron chi connectivity index (χ4n) is 5.90. The van der Waals surface area contributed by atoms with Crippen molar-refractivity contribution in [2.75, 3.05) is 6.54 Å². The Bertz CT molecular complexity index is 1190. The highest BCUT2D eigenvalue weighted by Gasteiger charge is 2.47. The fourth-order valence-corrected chi connectivity index (χ4v) is 5.90. The van der Waals surface area contributed by atoms with Crippen LogP contribution in [0.1, 0.15) is 76.7 Å². The smallest absolute Gasteiger partial charge is 0.316 e. The number of carbonyl (C=O) groups excluding carboxylic acids is 1. The molecule has 0 radical (unpaired) electrons. The van der Waals surface area contributed by atoms with E-state index in [4.69, 9.17) is 15.6 Å². The molecule has 0 amide bonds. The lowest BCUT2D eigenvalue weighted by molar-refractivity contribution is -0.674. The summed E-state index contributed by atoms with van der Waals surface area (Å²) in [7, 11) is 0. The number of benzene rings is 2. The van der Waals surface area contributed by atoms with E-state index in [9.17, 15) is 4.79 Å². The first kappa shape index (κ1) is 28.6. The molecule has 0 spiro atoms. The zero-order valence-corrected chi connectivity index (χ0v) is 23.4. The number of terminal acetylenes is 1. The second-order valence-corrected chi connectivity index (χ2v) is 10.4. The molecule has 2 aliphatic rings. The molecular formula is C33H42N3O3+. The lowest BCUT2D eigenvalue weighted by atomic mass is 9.69. The molecule has 6 nitrogen and oxygen atoms in total. The largest absolute Gasteiger partial charge is 0.461 e. The van der Waals surface area contributed by atoms with Crippen molar-refractivity contribution in [3.63, 3.8) is 0 Å². The minimum atomic E-state index is -0.538. The number of nitrogens with two attached hydrogens (primary N) is 1. The second-order valence-electron chi connectivity index (χ2n) is 10.4. The summed E-state index contributed by atoms with van der Waals surface area (Å²) in [6.07, 6.45) is 13.5. The van der Waals surface area contributed by atoms with Crippen molar-refractivity contribution in [2.24, 2.45) is 11.8 Å². The van der Waals surface area contributed by atoms with Gasteiger partial charge in [-0.15, -0.1) is 22.5 Å². The van der Waals surface area contributed by atoms with Gasteiger partial charge in [-0.05, 0) is 37.0 Å². The number of ether oxygens (including phenoxy) is 1. The first-order chi connectivity index (χ1) is 19.2. The quantitative estimate of drug-likeness (QED) is 0.167. The maximum Gasteiger partial charge on any atom is 0.316 e. The summed E-state index contributed by atoms with van der Waals surface area (Å²) in [5.41, 5.74) is 1.47. The van der Waals surface area contributed by atoms with Crippen LogP contribution in [0.5, 0.6) is 0 Å². The first-order valence-electron chi connectivity index (χ1n) is 14.6. The van der Waals surface area contributed by atoms with Crippen LogP contribution >= 0.6 is 0 Å². The topological polar surface area (TPSA) is 81.8 Å².